The minimum atomic E-state index is -2.29. The number of nitriles is 1. The van der Waals surface area contributed by atoms with Crippen LogP contribution in [-0.2, 0) is 0 Å². The van der Waals surface area contributed by atoms with Crippen LogP contribution in [0.1, 0.15) is 25.7 Å². The maximum absolute atomic E-state index is 12.2. The zero-order valence-corrected chi connectivity index (χ0v) is 10.6. The maximum atomic E-state index is 12.2. The zero-order chi connectivity index (χ0) is 13.0. The third kappa shape index (κ3) is 4.51. The lowest BCUT2D eigenvalue weighted by Crippen LogP contribution is -2.50. The summed E-state index contributed by atoms with van der Waals surface area (Å²) >= 11 is 0. The average molecular weight is 257 g/mol. The molecule has 18 heavy (non-hydrogen) atoms. The largest absolute Gasteiger partial charge is 0.307 e. The van der Waals surface area contributed by atoms with Crippen molar-refractivity contribution in [2.45, 2.75) is 38.2 Å². The van der Waals surface area contributed by atoms with Crippen LogP contribution in [-0.4, -0.2) is 43.5 Å². The smallest absolute Gasteiger partial charge is 0.250 e. The van der Waals surface area contributed by atoms with E-state index in [9.17, 15) is 8.78 Å². The summed E-state index contributed by atoms with van der Waals surface area (Å²) in [5.41, 5.74) is 0. The molecule has 2 unspecified atom stereocenters. The van der Waals surface area contributed by atoms with E-state index in [1.54, 1.807) is 0 Å². The molecule has 2 rings (SSSR count). The van der Waals surface area contributed by atoms with Crippen LogP contribution in [0, 0.1) is 23.2 Å². The van der Waals surface area contributed by atoms with E-state index in [4.69, 9.17) is 5.26 Å². The lowest BCUT2D eigenvalue weighted by molar-refractivity contribution is 0.111. The first kappa shape index (κ1) is 13.7. The molecule has 0 amide bonds. The van der Waals surface area contributed by atoms with Crippen LogP contribution in [0.5, 0.6) is 0 Å². The number of likely N-dealkylation sites (tertiary alicyclic amines) is 1. The average Bonchev–Trinajstić information content (AvgIpc) is 3.10. The van der Waals surface area contributed by atoms with E-state index in [1.165, 1.54) is 19.3 Å². The Hall–Kier alpha value is -0.730. The zero-order valence-electron chi connectivity index (χ0n) is 10.6. The third-order valence-electron chi connectivity index (χ3n) is 3.83. The molecule has 2 atom stereocenters. The van der Waals surface area contributed by atoms with Gasteiger partial charge in [-0.1, -0.05) is 12.8 Å². The molecule has 3 nitrogen and oxygen atoms in total. The monoisotopic (exact) mass is 257 g/mol. The van der Waals surface area contributed by atoms with Gasteiger partial charge in [0.15, 0.2) is 0 Å². The maximum Gasteiger partial charge on any atom is 0.250 e. The number of halogens is 2. The summed E-state index contributed by atoms with van der Waals surface area (Å²) in [6, 6.07) is 2.28. The second kappa shape index (κ2) is 6.44. The van der Waals surface area contributed by atoms with Crippen molar-refractivity contribution in [3.05, 3.63) is 0 Å². The number of nitrogens with zero attached hydrogens (tertiary/aromatic N) is 2. The summed E-state index contributed by atoms with van der Waals surface area (Å²) in [6.45, 7) is 1.85. The molecular formula is C13H21F2N3. The van der Waals surface area contributed by atoms with Crippen molar-refractivity contribution in [3.63, 3.8) is 0 Å². The molecule has 0 bridgehead atoms. The number of nitrogens with one attached hydrogen (secondary N) is 1. The first-order chi connectivity index (χ1) is 8.67. The van der Waals surface area contributed by atoms with Crippen molar-refractivity contribution in [3.8, 4) is 6.07 Å². The first-order valence-electron chi connectivity index (χ1n) is 6.78. The van der Waals surface area contributed by atoms with Gasteiger partial charge in [-0.3, -0.25) is 4.90 Å². The van der Waals surface area contributed by atoms with Crippen molar-refractivity contribution >= 4 is 0 Å². The number of hydrogen-bond acceptors (Lipinski definition) is 3. The number of piperidine rings is 1. The lowest BCUT2D eigenvalue weighted by atomic mass is 9.89. The molecule has 1 N–H and O–H groups in total. The molecule has 2 aliphatic rings. The van der Waals surface area contributed by atoms with Crippen molar-refractivity contribution in [2.75, 3.05) is 26.2 Å². The van der Waals surface area contributed by atoms with Crippen LogP contribution in [0.3, 0.4) is 0 Å². The molecular weight excluding hydrogens is 236 g/mol. The van der Waals surface area contributed by atoms with E-state index in [1.807, 2.05) is 0 Å². The molecule has 0 aromatic rings. The van der Waals surface area contributed by atoms with E-state index in [-0.39, 0.29) is 12.6 Å². The molecule has 0 radical (unpaired) electrons. The third-order valence-corrected chi connectivity index (χ3v) is 3.83. The van der Waals surface area contributed by atoms with Crippen LogP contribution in [0.4, 0.5) is 8.78 Å². The van der Waals surface area contributed by atoms with E-state index in [0.29, 0.717) is 12.5 Å². The Balaban J connectivity index is 1.82. The van der Waals surface area contributed by atoms with Crippen molar-refractivity contribution in [1.82, 2.24) is 10.2 Å². The predicted octanol–water partition coefficient (Wildman–Crippen LogP) is 1.86. The Morgan fingerprint density at radius 2 is 2.06 bits per heavy atom. The number of alkyl halides is 2. The van der Waals surface area contributed by atoms with Gasteiger partial charge in [-0.25, -0.2) is 8.78 Å². The quantitative estimate of drug-likeness (QED) is 0.738. The van der Waals surface area contributed by atoms with Gasteiger partial charge in [0.2, 0.25) is 0 Å². The van der Waals surface area contributed by atoms with Crippen LogP contribution >= 0.6 is 0 Å². The van der Waals surface area contributed by atoms with Gasteiger partial charge in [-0.2, -0.15) is 5.26 Å². The summed E-state index contributed by atoms with van der Waals surface area (Å²) in [4.78, 5) is 2.10. The van der Waals surface area contributed by atoms with Crippen molar-refractivity contribution < 1.29 is 8.78 Å². The summed E-state index contributed by atoms with van der Waals surface area (Å²) in [7, 11) is 0. The van der Waals surface area contributed by atoms with Gasteiger partial charge in [0, 0.05) is 19.1 Å². The van der Waals surface area contributed by atoms with E-state index < -0.39 is 6.43 Å². The Labute approximate surface area is 107 Å². The molecule has 102 valence electrons. The summed E-state index contributed by atoms with van der Waals surface area (Å²) in [6.07, 6.45) is 2.53. The van der Waals surface area contributed by atoms with Crippen molar-refractivity contribution in [2.24, 2.45) is 11.8 Å². The van der Waals surface area contributed by atoms with E-state index in [0.717, 1.165) is 25.4 Å². The molecule has 1 aliphatic heterocycles. The molecule has 1 aliphatic carbocycles. The second-order valence-electron chi connectivity index (χ2n) is 5.63. The molecule has 0 aromatic heterocycles. The first-order valence-corrected chi connectivity index (χ1v) is 6.78. The van der Waals surface area contributed by atoms with Crippen LogP contribution in [0.2, 0.25) is 0 Å². The van der Waals surface area contributed by atoms with Crippen molar-refractivity contribution in [1.29, 1.82) is 5.26 Å². The van der Waals surface area contributed by atoms with Gasteiger partial charge in [0.05, 0.1) is 19.2 Å². The number of hydrogen-bond donors (Lipinski definition) is 1. The Morgan fingerprint density at radius 3 is 2.67 bits per heavy atom. The van der Waals surface area contributed by atoms with Crippen LogP contribution in [0.15, 0.2) is 0 Å². The molecule has 1 heterocycles. The Morgan fingerprint density at radius 1 is 1.28 bits per heavy atom. The molecule has 1 saturated carbocycles. The standard InChI is InChI=1S/C13H21F2N3/c14-13(15)7-17-12-6-11(5-10-1-2-10)8-18(9-12)4-3-16/h10-13,17H,1-2,4-9H2. The molecule has 2 fully saturated rings. The van der Waals surface area contributed by atoms with Gasteiger partial charge in [0.1, 0.15) is 0 Å². The SMILES string of the molecule is N#CCN1CC(CC2CC2)CC(NCC(F)F)C1. The highest BCUT2D eigenvalue weighted by Gasteiger charge is 2.32. The van der Waals surface area contributed by atoms with Crippen LogP contribution < -0.4 is 5.32 Å². The summed E-state index contributed by atoms with van der Waals surface area (Å²) in [5.74, 6) is 1.42. The molecule has 5 heteroatoms. The number of rotatable bonds is 6. The van der Waals surface area contributed by atoms with E-state index in [2.05, 4.69) is 16.3 Å². The normalized spacial score (nSPS) is 29.4. The Kier molecular flexibility index (Phi) is 4.90. The van der Waals surface area contributed by atoms with Gasteiger partial charge in [-0.05, 0) is 24.7 Å². The fourth-order valence-electron chi connectivity index (χ4n) is 2.93. The highest BCUT2D eigenvalue weighted by atomic mass is 19.3. The fourth-order valence-corrected chi connectivity index (χ4v) is 2.93. The van der Waals surface area contributed by atoms with Gasteiger partial charge >= 0.3 is 0 Å². The van der Waals surface area contributed by atoms with Gasteiger partial charge < -0.3 is 5.32 Å². The minimum Gasteiger partial charge on any atom is -0.307 e. The second-order valence-corrected chi connectivity index (χ2v) is 5.63. The summed E-state index contributed by atoms with van der Waals surface area (Å²) in [5, 5.41) is 11.7. The topological polar surface area (TPSA) is 39.1 Å². The highest BCUT2D eigenvalue weighted by molar-refractivity contribution is 4.90. The lowest BCUT2D eigenvalue weighted by Gasteiger charge is -2.37. The predicted molar refractivity (Wildman–Crippen MR) is 65.3 cm³/mol. The Bertz CT molecular complexity index is 299. The molecule has 0 aromatic carbocycles. The van der Waals surface area contributed by atoms with Gasteiger partial charge in [0.25, 0.3) is 6.43 Å². The van der Waals surface area contributed by atoms with Gasteiger partial charge in [-0.15, -0.1) is 0 Å². The highest BCUT2D eigenvalue weighted by Crippen LogP contribution is 2.37. The molecule has 1 saturated heterocycles. The fraction of sp³-hybridized carbons (Fsp3) is 0.923. The van der Waals surface area contributed by atoms with E-state index >= 15 is 0 Å². The van der Waals surface area contributed by atoms with Crippen LogP contribution in [0.25, 0.3) is 0 Å². The minimum absolute atomic E-state index is 0.116. The molecule has 0 spiro atoms. The summed E-state index contributed by atoms with van der Waals surface area (Å²) < 4.78 is 24.4.